The summed E-state index contributed by atoms with van der Waals surface area (Å²) in [5.41, 5.74) is 2.00. The van der Waals surface area contributed by atoms with Gasteiger partial charge in [0, 0.05) is 42.5 Å². The lowest BCUT2D eigenvalue weighted by Gasteiger charge is -2.23. The van der Waals surface area contributed by atoms with Crippen LogP contribution in [0.15, 0.2) is 42.6 Å². The van der Waals surface area contributed by atoms with Gasteiger partial charge in [0.1, 0.15) is 28.6 Å². The van der Waals surface area contributed by atoms with E-state index in [-0.39, 0.29) is 23.2 Å². The molecular formula is C24H21ClFN7O. The third-order valence-corrected chi connectivity index (χ3v) is 6.39. The van der Waals surface area contributed by atoms with E-state index in [1.54, 1.807) is 28.6 Å². The Morgan fingerprint density at radius 3 is 2.91 bits per heavy atom. The van der Waals surface area contributed by atoms with Crippen molar-refractivity contribution in [3.8, 4) is 23.1 Å². The third-order valence-electron chi connectivity index (χ3n) is 5.94. The van der Waals surface area contributed by atoms with Crippen LogP contribution >= 0.6 is 11.6 Å². The maximum absolute atomic E-state index is 14.4. The van der Waals surface area contributed by atoms with Gasteiger partial charge in [-0.2, -0.15) is 10.4 Å². The van der Waals surface area contributed by atoms with E-state index >= 15 is 0 Å². The monoisotopic (exact) mass is 477 g/mol. The summed E-state index contributed by atoms with van der Waals surface area (Å²) in [6.07, 6.45) is 3.51. The molecule has 1 aliphatic rings. The second kappa shape index (κ2) is 8.89. The molecule has 0 aliphatic carbocycles. The first-order chi connectivity index (χ1) is 16.4. The highest BCUT2D eigenvalue weighted by Gasteiger charge is 2.22. The number of nitrogens with one attached hydrogen (secondary N) is 2. The van der Waals surface area contributed by atoms with Gasteiger partial charge in [-0.3, -0.25) is 14.0 Å². The van der Waals surface area contributed by atoms with Crippen molar-refractivity contribution >= 4 is 28.4 Å². The first kappa shape index (κ1) is 22.1. The highest BCUT2D eigenvalue weighted by molar-refractivity contribution is 6.34. The van der Waals surface area contributed by atoms with Crippen LogP contribution in [0.2, 0.25) is 5.15 Å². The van der Waals surface area contributed by atoms with Crippen molar-refractivity contribution in [2.75, 3.05) is 13.1 Å². The molecule has 5 rings (SSSR count). The summed E-state index contributed by atoms with van der Waals surface area (Å²) in [7, 11) is 1.76. The fourth-order valence-electron chi connectivity index (χ4n) is 4.18. The Morgan fingerprint density at radius 2 is 2.18 bits per heavy atom. The highest BCUT2D eigenvalue weighted by Crippen LogP contribution is 2.29. The zero-order chi connectivity index (χ0) is 23.8. The second-order valence-electron chi connectivity index (χ2n) is 8.26. The second-order valence-corrected chi connectivity index (χ2v) is 8.62. The number of carbonyl (C=O) groups is 1. The fraction of sp³-hybridized carbons (Fsp3) is 0.250. The standard InChI is InChI=1S/C24H21ClFN7O/c1-32-22(25)18-10-17(6-7-20(18)31-32)33-13-21(24(34)29-16-3-2-8-28-12-16)30-23(33)14-4-5-15(11-27)19(26)9-14/h4-7,9-10,13,16,28H,2-3,8,12H2,1H3,(H,29,34)/t16-/m1/s1. The molecule has 8 nitrogen and oxygen atoms in total. The molecule has 3 heterocycles. The molecule has 1 fully saturated rings. The zero-order valence-electron chi connectivity index (χ0n) is 18.3. The summed E-state index contributed by atoms with van der Waals surface area (Å²) in [5.74, 6) is -0.586. The Bertz CT molecular complexity index is 1450. The number of hydrogen-bond acceptors (Lipinski definition) is 5. The smallest absolute Gasteiger partial charge is 0.271 e. The highest BCUT2D eigenvalue weighted by atomic mass is 35.5. The van der Waals surface area contributed by atoms with Gasteiger partial charge in [-0.15, -0.1) is 0 Å². The Labute approximate surface area is 200 Å². The SMILES string of the molecule is Cn1nc2ccc(-n3cc(C(=O)N[C@@H]4CCCNC4)nc3-c3ccc(C#N)c(F)c3)cc2c1Cl. The summed E-state index contributed by atoms with van der Waals surface area (Å²) in [6.45, 7) is 1.64. The van der Waals surface area contributed by atoms with Gasteiger partial charge in [0.05, 0.1) is 11.1 Å². The number of imidazole rings is 1. The van der Waals surface area contributed by atoms with Crippen LogP contribution in [0.4, 0.5) is 4.39 Å². The largest absolute Gasteiger partial charge is 0.347 e. The van der Waals surface area contributed by atoms with Crippen molar-refractivity contribution in [2.24, 2.45) is 7.05 Å². The molecule has 2 aromatic heterocycles. The van der Waals surface area contributed by atoms with Crippen LogP contribution in [0.5, 0.6) is 0 Å². The molecule has 0 spiro atoms. The van der Waals surface area contributed by atoms with Gasteiger partial charge < -0.3 is 10.6 Å². The van der Waals surface area contributed by atoms with E-state index in [1.807, 2.05) is 24.3 Å². The number of halogens is 2. The Kier molecular flexibility index (Phi) is 5.77. The first-order valence-corrected chi connectivity index (χ1v) is 11.3. The molecular weight excluding hydrogens is 457 g/mol. The molecule has 2 aromatic carbocycles. The van der Waals surface area contributed by atoms with Crippen molar-refractivity contribution in [3.63, 3.8) is 0 Å². The molecule has 0 unspecified atom stereocenters. The van der Waals surface area contributed by atoms with Crippen LogP contribution in [0.25, 0.3) is 28.0 Å². The Balaban J connectivity index is 1.60. The number of rotatable bonds is 4. The molecule has 0 bridgehead atoms. The van der Waals surface area contributed by atoms with Gasteiger partial charge in [0.2, 0.25) is 0 Å². The lowest BCUT2D eigenvalue weighted by atomic mass is 10.1. The minimum atomic E-state index is -0.653. The van der Waals surface area contributed by atoms with E-state index in [1.165, 1.54) is 12.1 Å². The van der Waals surface area contributed by atoms with Gasteiger partial charge in [0.15, 0.2) is 0 Å². The number of fused-ring (bicyclic) bond motifs is 1. The molecule has 0 radical (unpaired) electrons. The van der Waals surface area contributed by atoms with Gasteiger partial charge in [-0.05, 0) is 55.8 Å². The molecule has 2 N–H and O–H groups in total. The maximum Gasteiger partial charge on any atom is 0.271 e. The van der Waals surface area contributed by atoms with Gasteiger partial charge >= 0.3 is 0 Å². The van der Waals surface area contributed by atoms with E-state index in [9.17, 15) is 9.18 Å². The number of nitriles is 1. The van der Waals surface area contributed by atoms with E-state index in [0.717, 1.165) is 30.3 Å². The molecule has 10 heteroatoms. The van der Waals surface area contributed by atoms with E-state index in [0.29, 0.717) is 28.8 Å². The van der Waals surface area contributed by atoms with Crippen LogP contribution in [-0.2, 0) is 7.05 Å². The summed E-state index contributed by atoms with van der Waals surface area (Å²) >= 11 is 6.40. The average molecular weight is 478 g/mol. The number of benzene rings is 2. The van der Waals surface area contributed by atoms with Crippen LogP contribution in [0.3, 0.4) is 0 Å². The lowest BCUT2D eigenvalue weighted by Crippen LogP contribution is -2.45. The zero-order valence-corrected chi connectivity index (χ0v) is 19.1. The van der Waals surface area contributed by atoms with Gasteiger partial charge in [0.25, 0.3) is 5.91 Å². The Morgan fingerprint density at radius 1 is 1.32 bits per heavy atom. The lowest BCUT2D eigenvalue weighted by molar-refractivity contribution is 0.0926. The van der Waals surface area contributed by atoms with E-state index in [4.69, 9.17) is 16.9 Å². The molecule has 0 saturated carbocycles. The minimum absolute atomic E-state index is 0.0211. The number of piperidine rings is 1. The van der Waals surface area contributed by atoms with Crippen LogP contribution < -0.4 is 10.6 Å². The summed E-state index contributed by atoms with van der Waals surface area (Å²) in [5, 5.41) is 21.0. The van der Waals surface area contributed by atoms with Crippen LogP contribution in [-0.4, -0.2) is 44.4 Å². The number of nitrogens with zero attached hydrogens (tertiary/aromatic N) is 5. The number of aromatic nitrogens is 4. The fourth-order valence-corrected chi connectivity index (χ4v) is 4.36. The maximum atomic E-state index is 14.4. The summed E-state index contributed by atoms with van der Waals surface area (Å²) in [6, 6.07) is 11.6. The number of amides is 1. The minimum Gasteiger partial charge on any atom is -0.347 e. The topological polar surface area (TPSA) is 101 Å². The average Bonchev–Trinajstić information content (AvgIpc) is 3.41. The number of carbonyl (C=O) groups excluding carboxylic acids is 1. The summed E-state index contributed by atoms with van der Waals surface area (Å²) < 4.78 is 17.7. The molecule has 1 saturated heterocycles. The van der Waals surface area contributed by atoms with Gasteiger partial charge in [-0.25, -0.2) is 9.37 Å². The molecule has 1 atom stereocenters. The van der Waals surface area contributed by atoms with E-state index in [2.05, 4.69) is 20.7 Å². The number of aryl methyl sites for hydroxylation is 1. The quantitative estimate of drug-likeness (QED) is 0.468. The van der Waals surface area contributed by atoms with Crippen molar-refractivity contribution in [2.45, 2.75) is 18.9 Å². The molecule has 172 valence electrons. The molecule has 4 aromatic rings. The molecule has 1 aliphatic heterocycles. The van der Waals surface area contributed by atoms with Crippen molar-refractivity contribution < 1.29 is 9.18 Å². The van der Waals surface area contributed by atoms with E-state index < -0.39 is 5.82 Å². The summed E-state index contributed by atoms with van der Waals surface area (Å²) in [4.78, 5) is 17.6. The van der Waals surface area contributed by atoms with Crippen molar-refractivity contribution in [1.82, 2.24) is 30.0 Å². The molecule has 1 amide bonds. The van der Waals surface area contributed by atoms with Gasteiger partial charge in [-0.1, -0.05) is 11.6 Å². The molecule has 34 heavy (non-hydrogen) atoms. The Hall–Kier alpha value is -3.74. The predicted molar refractivity (Wildman–Crippen MR) is 126 cm³/mol. The van der Waals surface area contributed by atoms with Crippen LogP contribution in [0.1, 0.15) is 28.9 Å². The number of hydrogen-bond donors (Lipinski definition) is 2. The first-order valence-electron chi connectivity index (χ1n) is 10.9. The normalized spacial score (nSPS) is 15.9. The van der Waals surface area contributed by atoms with Crippen molar-refractivity contribution in [3.05, 3.63) is 64.8 Å². The predicted octanol–water partition coefficient (Wildman–Crippen LogP) is 3.57. The van der Waals surface area contributed by atoms with Crippen molar-refractivity contribution in [1.29, 1.82) is 5.26 Å². The third kappa shape index (κ3) is 4.02. The van der Waals surface area contributed by atoms with Crippen LogP contribution in [0, 0.1) is 17.1 Å².